The summed E-state index contributed by atoms with van der Waals surface area (Å²) in [4.78, 5) is 29.2. The Balaban J connectivity index is 1.41. The summed E-state index contributed by atoms with van der Waals surface area (Å²) in [6.45, 7) is 0.118. The number of aromatic nitrogens is 1. The number of benzene rings is 2. The SMILES string of the molecule is O=C(NCc1cc(F)cc(Cl)c1)O[C@@]1(O)CCN(c2ccc3[nH]ccc3c2)C1=O. The second-order valence-electron chi connectivity index (χ2n) is 6.76. The Morgan fingerprint density at radius 1 is 1.31 bits per heavy atom. The van der Waals surface area contributed by atoms with Gasteiger partial charge in [0.2, 0.25) is 0 Å². The first kappa shape index (κ1) is 19.2. The summed E-state index contributed by atoms with van der Waals surface area (Å²) in [7, 11) is 0. The van der Waals surface area contributed by atoms with Gasteiger partial charge < -0.3 is 25.0 Å². The van der Waals surface area contributed by atoms with E-state index >= 15 is 0 Å². The summed E-state index contributed by atoms with van der Waals surface area (Å²) < 4.78 is 18.4. The van der Waals surface area contributed by atoms with Gasteiger partial charge in [-0.3, -0.25) is 4.79 Å². The number of fused-ring (bicyclic) bond motifs is 1. The average molecular weight is 418 g/mol. The smallest absolute Gasteiger partial charge is 0.407 e. The molecule has 7 nitrogen and oxygen atoms in total. The maximum atomic E-state index is 13.4. The maximum Gasteiger partial charge on any atom is 0.410 e. The molecule has 2 aromatic carbocycles. The third-order valence-corrected chi connectivity index (χ3v) is 4.94. The minimum absolute atomic E-state index is 0.0732. The van der Waals surface area contributed by atoms with E-state index in [1.165, 1.54) is 17.0 Å². The van der Waals surface area contributed by atoms with E-state index in [2.05, 4.69) is 10.3 Å². The molecule has 150 valence electrons. The summed E-state index contributed by atoms with van der Waals surface area (Å²) in [6.07, 6.45) is 0.718. The van der Waals surface area contributed by atoms with Crippen molar-refractivity contribution in [1.29, 1.82) is 0 Å². The molecule has 1 saturated heterocycles. The van der Waals surface area contributed by atoms with E-state index in [0.717, 1.165) is 17.0 Å². The Morgan fingerprint density at radius 2 is 2.14 bits per heavy atom. The molecule has 3 aromatic rings. The fourth-order valence-electron chi connectivity index (χ4n) is 3.31. The third-order valence-electron chi connectivity index (χ3n) is 4.72. The van der Waals surface area contributed by atoms with Crippen molar-refractivity contribution in [3.8, 4) is 0 Å². The summed E-state index contributed by atoms with van der Waals surface area (Å²) in [5.41, 5.74) is 1.93. The van der Waals surface area contributed by atoms with E-state index in [0.29, 0.717) is 11.3 Å². The molecular weight excluding hydrogens is 401 g/mol. The van der Waals surface area contributed by atoms with E-state index < -0.39 is 23.6 Å². The van der Waals surface area contributed by atoms with Crippen LogP contribution in [-0.2, 0) is 16.1 Å². The van der Waals surface area contributed by atoms with Crippen LogP contribution in [0.25, 0.3) is 10.9 Å². The van der Waals surface area contributed by atoms with Gasteiger partial charge in [0, 0.05) is 47.3 Å². The molecule has 2 amide bonds. The zero-order valence-corrected chi connectivity index (χ0v) is 15.9. The Morgan fingerprint density at radius 3 is 2.93 bits per heavy atom. The zero-order valence-electron chi connectivity index (χ0n) is 15.1. The number of alkyl carbamates (subject to hydrolysis) is 1. The Kier molecular flexibility index (Phi) is 4.89. The van der Waals surface area contributed by atoms with Gasteiger partial charge in [0.05, 0.1) is 0 Å². The average Bonchev–Trinajstić information content (AvgIpc) is 3.24. The maximum absolute atomic E-state index is 13.4. The number of hydrogen-bond donors (Lipinski definition) is 3. The van der Waals surface area contributed by atoms with Crippen LogP contribution in [0.4, 0.5) is 14.9 Å². The highest BCUT2D eigenvalue weighted by atomic mass is 35.5. The third kappa shape index (κ3) is 3.90. The molecule has 0 bridgehead atoms. The van der Waals surface area contributed by atoms with Crippen LogP contribution in [0.1, 0.15) is 12.0 Å². The highest BCUT2D eigenvalue weighted by Crippen LogP contribution is 2.31. The molecule has 29 heavy (non-hydrogen) atoms. The number of amides is 2. The lowest BCUT2D eigenvalue weighted by atomic mass is 10.2. The highest BCUT2D eigenvalue weighted by molar-refractivity contribution is 6.30. The van der Waals surface area contributed by atoms with E-state index in [1.54, 1.807) is 12.3 Å². The minimum Gasteiger partial charge on any atom is -0.407 e. The molecule has 2 heterocycles. The number of carbonyl (C=O) groups is 2. The van der Waals surface area contributed by atoms with Gasteiger partial charge in [-0.2, -0.15) is 0 Å². The van der Waals surface area contributed by atoms with Crippen molar-refractivity contribution in [1.82, 2.24) is 10.3 Å². The van der Waals surface area contributed by atoms with Crippen LogP contribution in [0.3, 0.4) is 0 Å². The number of nitrogens with one attached hydrogen (secondary N) is 2. The van der Waals surface area contributed by atoms with Crippen LogP contribution in [0, 0.1) is 5.82 Å². The first-order valence-corrected chi connectivity index (χ1v) is 9.25. The first-order valence-electron chi connectivity index (χ1n) is 8.87. The quantitative estimate of drug-likeness (QED) is 0.567. The van der Waals surface area contributed by atoms with Gasteiger partial charge in [-0.05, 0) is 48.0 Å². The summed E-state index contributed by atoms with van der Waals surface area (Å²) >= 11 is 5.77. The molecule has 3 N–H and O–H groups in total. The lowest BCUT2D eigenvalue weighted by Gasteiger charge is -2.22. The Bertz CT molecular complexity index is 1080. The van der Waals surface area contributed by atoms with Crippen LogP contribution in [-0.4, -0.2) is 34.4 Å². The first-order chi connectivity index (χ1) is 13.8. The second-order valence-corrected chi connectivity index (χ2v) is 7.20. The number of hydrogen-bond acceptors (Lipinski definition) is 4. The predicted octanol–water partition coefficient (Wildman–Crippen LogP) is 3.31. The summed E-state index contributed by atoms with van der Waals surface area (Å²) in [5.74, 6) is -3.53. The summed E-state index contributed by atoms with van der Waals surface area (Å²) in [6, 6.07) is 11.1. The number of carbonyl (C=O) groups excluding carboxylic acids is 2. The van der Waals surface area contributed by atoms with Crippen molar-refractivity contribution < 1.29 is 23.8 Å². The van der Waals surface area contributed by atoms with Crippen molar-refractivity contribution in [2.24, 2.45) is 0 Å². The monoisotopic (exact) mass is 417 g/mol. The fourth-order valence-corrected chi connectivity index (χ4v) is 3.55. The highest BCUT2D eigenvalue weighted by Gasteiger charge is 2.49. The predicted molar refractivity (Wildman–Crippen MR) is 105 cm³/mol. The lowest BCUT2D eigenvalue weighted by molar-refractivity contribution is -0.175. The van der Waals surface area contributed by atoms with E-state index in [1.807, 2.05) is 18.2 Å². The number of anilines is 1. The molecule has 9 heteroatoms. The standard InChI is InChI=1S/C20H17ClFN3O4/c21-14-7-12(8-15(22)10-14)11-24-19(27)29-20(28)4-6-25(18(20)26)16-1-2-17-13(9-16)3-5-23-17/h1-3,5,7-10,23,28H,4,6,11H2,(H,24,27)/t20-/m0/s1. The largest absolute Gasteiger partial charge is 0.410 e. The van der Waals surface area contributed by atoms with E-state index in [4.69, 9.17) is 16.3 Å². The molecule has 0 aliphatic carbocycles. The fraction of sp³-hybridized carbons (Fsp3) is 0.200. The van der Waals surface area contributed by atoms with Crippen LogP contribution < -0.4 is 10.2 Å². The Hall–Kier alpha value is -3.10. The molecule has 0 spiro atoms. The number of nitrogens with zero attached hydrogens (tertiary/aromatic N) is 1. The topological polar surface area (TPSA) is 94.7 Å². The minimum atomic E-state index is -2.27. The van der Waals surface area contributed by atoms with Gasteiger partial charge in [-0.1, -0.05) is 11.6 Å². The van der Waals surface area contributed by atoms with Crippen molar-refractivity contribution in [2.75, 3.05) is 11.4 Å². The number of rotatable bonds is 4. The second kappa shape index (κ2) is 7.38. The number of ether oxygens (including phenoxy) is 1. The van der Waals surface area contributed by atoms with Gasteiger partial charge >= 0.3 is 6.09 Å². The molecule has 0 radical (unpaired) electrons. The van der Waals surface area contributed by atoms with Crippen LogP contribution >= 0.6 is 11.6 Å². The van der Waals surface area contributed by atoms with Crippen molar-refractivity contribution in [3.63, 3.8) is 0 Å². The van der Waals surface area contributed by atoms with Gasteiger partial charge in [-0.25, -0.2) is 9.18 Å². The molecule has 0 saturated carbocycles. The Labute approximate surface area is 170 Å². The van der Waals surface area contributed by atoms with Crippen molar-refractivity contribution >= 4 is 40.2 Å². The van der Waals surface area contributed by atoms with E-state index in [-0.39, 0.29) is 24.5 Å². The molecule has 4 rings (SSSR count). The number of aliphatic hydroxyl groups is 1. The van der Waals surface area contributed by atoms with Gasteiger partial charge in [0.1, 0.15) is 5.82 Å². The zero-order chi connectivity index (χ0) is 20.6. The van der Waals surface area contributed by atoms with Gasteiger partial charge in [-0.15, -0.1) is 0 Å². The van der Waals surface area contributed by atoms with Crippen LogP contribution in [0.2, 0.25) is 5.02 Å². The number of halogens is 2. The van der Waals surface area contributed by atoms with Crippen LogP contribution in [0.5, 0.6) is 0 Å². The van der Waals surface area contributed by atoms with Gasteiger partial charge in [0.15, 0.2) is 0 Å². The van der Waals surface area contributed by atoms with Crippen LogP contribution in [0.15, 0.2) is 48.7 Å². The summed E-state index contributed by atoms with van der Waals surface area (Å²) in [5, 5.41) is 14.0. The van der Waals surface area contributed by atoms with Crippen molar-refractivity contribution in [3.05, 3.63) is 65.1 Å². The molecule has 1 aliphatic heterocycles. The number of aromatic amines is 1. The lowest BCUT2D eigenvalue weighted by Crippen LogP contribution is -2.46. The molecular formula is C20H17ClFN3O4. The molecule has 1 fully saturated rings. The van der Waals surface area contributed by atoms with E-state index in [9.17, 15) is 19.1 Å². The van der Waals surface area contributed by atoms with Crippen molar-refractivity contribution in [2.45, 2.75) is 18.8 Å². The normalized spacial score (nSPS) is 19.0. The molecule has 0 unspecified atom stereocenters. The molecule has 1 atom stereocenters. The van der Waals surface area contributed by atoms with Gasteiger partial charge in [0.25, 0.3) is 11.7 Å². The molecule has 1 aromatic heterocycles. The molecule has 1 aliphatic rings. The number of H-pyrrole nitrogens is 1.